The summed E-state index contributed by atoms with van der Waals surface area (Å²) in [5.74, 6) is 0.765. The summed E-state index contributed by atoms with van der Waals surface area (Å²) in [6, 6.07) is 7.64. The molecule has 0 aliphatic rings. The molecular formula is C11H12N2O2. The van der Waals surface area contributed by atoms with Crippen molar-refractivity contribution in [3.05, 3.63) is 36.1 Å². The van der Waals surface area contributed by atoms with Gasteiger partial charge in [0.15, 0.2) is 0 Å². The topological polar surface area (TPSA) is 61.3 Å². The molecular weight excluding hydrogens is 192 g/mol. The smallest absolute Gasteiger partial charge is 0.128 e. The van der Waals surface area contributed by atoms with Gasteiger partial charge in [-0.1, -0.05) is 17.3 Å². The second-order valence-electron chi connectivity index (χ2n) is 3.09. The van der Waals surface area contributed by atoms with Crippen LogP contribution >= 0.6 is 0 Å². The first-order valence-corrected chi connectivity index (χ1v) is 4.63. The standard InChI is InChI=1S/C11H12N2O2/c1-14-10-5-3-2-4-9(10)11-8(6-12)7-15-13-11/h2-5,7H,6,12H2,1H3. The molecule has 4 heteroatoms. The fourth-order valence-electron chi connectivity index (χ4n) is 1.46. The van der Waals surface area contributed by atoms with Crippen LogP contribution in [0.4, 0.5) is 0 Å². The molecule has 2 N–H and O–H groups in total. The third-order valence-electron chi connectivity index (χ3n) is 2.23. The second-order valence-corrected chi connectivity index (χ2v) is 3.09. The van der Waals surface area contributed by atoms with Crippen molar-refractivity contribution in [2.45, 2.75) is 6.54 Å². The van der Waals surface area contributed by atoms with E-state index in [2.05, 4.69) is 5.16 Å². The summed E-state index contributed by atoms with van der Waals surface area (Å²) in [6.45, 7) is 0.400. The molecule has 0 aliphatic heterocycles. The van der Waals surface area contributed by atoms with Crippen molar-refractivity contribution >= 4 is 0 Å². The fraction of sp³-hybridized carbons (Fsp3) is 0.182. The molecule has 2 aromatic rings. The normalized spacial score (nSPS) is 10.3. The van der Waals surface area contributed by atoms with Crippen LogP contribution in [-0.2, 0) is 6.54 Å². The molecule has 4 nitrogen and oxygen atoms in total. The summed E-state index contributed by atoms with van der Waals surface area (Å²) in [4.78, 5) is 0. The fourth-order valence-corrected chi connectivity index (χ4v) is 1.46. The highest BCUT2D eigenvalue weighted by atomic mass is 16.5. The van der Waals surface area contributed by atoms with Crippen LogP contribution in [0.5, 0.6) is 5.75 Å². The lowest BCUT2D eigenvalue weighted by molar-refractivity contribution is 0.411. The zero-order valence-electron chi connectivity index (χ0n) is 8.43. The highest BCUT2D eigenvalue weighted by Crippen LogP contribution is 2.30. The van der Waals surface area contributed by atoms with E-state index in [1.54, 1.807) is 13.4 Å². The number of nitrogens with zero attached hydrogens (tertiary/aromatic N) is 1. The Morgan fingerprint density at radius 1 is 1.40 bits per heavy atom. The Kier molecular flexibility index (Phi) is 2.69. The van der Waals surface area contributed by atoms with E-state index in [1.807, 2.05) is 24.3 Å². The van der Waals surface area contributed by atoms with E-state index in [9.17, 15) is 0 Å². The van der Waals surface area contributed by atoms with Gasteiger partial charge in [0, 0.05) is 17.7 Å². The molecule has 15 heavy (non-hydrogen) atoms. The van der Waals surface area contributed by atoms with Gasteiger partial charge >= 0.3 is 0 Å². The number of ether oxygens (including phenoxy) is 1. The van der Waals surface area contributed by atoms with Gasteiger partial charge in [0.05, 0.1) is 7.11 Å². The summed E-state index contributed by atoms with van der Waals surface area (Å²) < 4.78 is 10.2. The molecule has 78 valence electrons. The van der Waals surface area contributed by atoms with Crippen LogP contribution in [0.3, 0.4) is 0 Å². The van der Waals surface area contributed by atoms with Gasteiger partial charge in [-0.15, -0.1) is 0 Å². The molecule has 0 amide bonds. The molecule has 1 aromatic heterocycles. The molecule has 0 fully saturated rings. The number of hydrogen-bond donors (Lipinski definition) is 1. The molecule has 0 aliphatic carbocycles. The van der Waals surface area contributed by atoms with Gasteiger partial charge in [-0.05, 0) is 12.1 Å². The van der Waals surface area contributed by atoms with Crippen molar-refractivity contribution in [3.63, 3.8) is 0 Å². The van der Waals surface area contributed by atoms with Crippen molar-refractivity contribution in [1.82, 2.24) is 5.16 Å². The number of para-hydroxylation sites is 1. The van der Waals surface area contributed by atoms with Crippen molar-refractivity contribution in [2.75, 3.05) is 7.11 Å². The first-order valence-electron chi connectivity index (χ1n) is 4.63. The average Bonchev–Trinajstić information content (AvgIpc) is 2.76. The van der Waals surface area contributed by atoms with Crippen LogP contribution in [0.2, 0.25) is 0 Å². The first kappa shape index (κ1) is 9.73. The number of rotatable bonds is 3. The minimum absolute atomic E-state index is 0.400. The lowest BCUT2D eigenvalue weighted by Crippen LogP contribution is -1.97. The van der Waals surface area contributed by atoms with E-state index < -0.39 is 0 Å². The zero-order valence-corrected chi connectivity index (χ0v) is 8.43. The van der Waals surface area contributed by atoms with Crippen LogP contribution in [0.15, 0.2) is 35.1 Å². The molecule has 0 radical (unpaired) electrons. The Hall–Kier alpha value is -1.81. The van der Waals surface area contributed by atoms with Gasteiger partial charge in [-0.25, -0.2) is 0 Å². The lowest BCUT2D eigenvalue weighted by atomic mass is 10.1. The number of methoxy groups -OCH3 is 1. The minimum Gasteiger partial charge on any atom is -0.496 e. The Morgan fingerprint density at radius 3 is 2.93 bits per heavy atom. The van der Waals surface area contributed by atoms with Crippen molar-refractivity contribution in [2.24, 2.45) is 5.73 Å². The average molecular weight is 204 g/mol. The quantitative estimate of drug-likeness (QED) is 0.828. The van der Waals surface area contributed by atoms with Crippen molar-refractivity contribution in [3.8, 4) is 17.0 Å². The van der Waals surface area contributed by atoms with Crippen LogP contribution in [0, 0.1) is 0 Å². The maximum absolute atomic E-state index is 5.58. The predicted octanol–water partition coefficient (Wildman–Crippen LogP) is 1.81. The lowest BCUT2D eigenvalue weighted by Gasteiger charge is -2.05. The van der Waals surface area contributed by atoms with Crippen molar-refractivity contribution in [1.29, 1.82) is 0 Å². The van der Waals surface area contributed by atoms with Gasteiger partial charge < -0.3 is 15.0 Å². The van der Waals surface area contributed by atoms with Crippen LogP contribution < -0.4 is 10.5 Å². The highest BCUT2D eigenvalue weighted by Gasteiger charge is 2.12. The maximum Gasteiger partial charge on any atom is 0.128 e. The van der Waals surface area contributed by atoms with E-state index in [4.69, 9.17) is 15.0 Å². The van der Waals surface area contributed by atoms with Crippen molar-refractivity contribution < 1.29 is 9.26 Å². The molecule has 0 saturated carbocycles. The number of aromatic nitrogens is 1. The van der Waals surface area contributed by atoms with E-state index in [-0.39, 0.29) is 0 Å². The first-order chi connectivity index (χ1) is 7.36. The minimum atomic E-state index is 0.400. The summed E-state index contributed by atoms with van der Waals surface area (Å²) in [5.41, 5.74) is 8.10. The predicted molar refractivity (Wildman–Crippen MR) is 56.4 cm³/mol. The molecule has 0 bridgehead atoms. The third kappa shape index (κ3) is 1.71. The summed E-state index contributed by atoms with van der Waals surface area (Å²) in [7, 11) is 1.63. The maximum atomic E-state index is 5.58. The Bertz CT molecular complexity index is 451. The van der Waals surface area contributed by atoms with Gasteiger partial charge in [-0.3, -0.25) is 0 Å². The second kappa shape index (κ2) is 4.14. The number of hydrogen-bond acceptors (Lipinski definition) is 4. The van der Waals surface area contributed by atoms with E-state index in [0.29, 0.717) is 6.54 Å². The SMILES string of the molecule is COc1ccccc1-c1nocc1CN. The zero-order chi connectivity index (χ0) is 10.7. The Morgan fingerprint density at radius 2 is 2.20 bits per heavy atom. The molecule has 0 atom stereocenters. The van der Waals surface area contributed by atoms with E-state index in [0.717, 1.165) is 22.6 Å². The van der Waals surface area contributed by atoms with Gasteiger partial charge in [0.1, 0.15) is 17.7 Å². The molecule has 0 saturated heterocycles. The van der Waals surface area contributed by atoms with Crippen LogP contribution in [-0.4, -0.2) is 12.3 Å². The molecule has 1 heterocycles. The molecule has 2 rings (SSSR count). The molecule has 0 spiro atoms. The number of nitrogens with two attached hydrogens (primary N) is 1. The summed E-state index contributed by atoms with van der Waals surface area (Å²) >= 11 is 0. The highest BCUT2D eigenvalue weighted by molar-refractivity contribution is 5.69. The molecule has 1 aromatic carbocycles. The largest absolute Gasteiger partial charge is 0.496 e. The van der Waals surface area contributed by atoms with E-state index >= 15 is 0 Å². The van der Waals surface area contributed by atoms with Gasteiger partial charge in [0.2, 0.25) is 0 Å². The van der Waals surface area contributed by atoms with Gasteiger partial charge in [-0.2, -0.15) is 0 Å². The van der Waals surface area contributed by atoms with Crippen LogP contribution in [0.25, 0.3) is 11.3 Å². The van der Waals surface area contributed by atoms with Crippen LogP contribution in [0.1, 0.15) is 5.56 Å². The monoisotopic (exact) mass is 204 g/mol. The number of benzene rings is 1. The molecule has 0 unspecified atom stereocenters. The summed E-state index contributed by atoms with van der Waals surface area (Å²) in [5, 5.41) is 3.93. The van der Waals surface area contributed by atoms with Gasteiger partial charge in [0.25, 0.3) is 0 Å². The summed E-state index contributed by atoms with van der Waals surface area (Å²) in [6.07, 6.45) is 1.56. The van der Waals surface area contributed by atoms with E-state index in [1.165, 1.54) is 0 Å². The Labute approximate surface area is 87.6 Å². The Balaban J connectivity index is 2.53. The third-order valence-corrected chi connectivity index (χ3v) is 2.23.